The van der Waals surface area contributed by atoms with E-state index < -0.39 is 6.10 Å². The van der Waals surface area contributed by atoms with Crippen LogP contribution < -0.4 is 0 Å². The Bertz CT molecular complexity index is 866. The van der Waals surface area contributed by atoms with Crippen molar-refractivity contribution in [1.29, 1.82) is 0 Å². The number of Topliss-reactive ketones (excluding diaryl/α,β-unsaturated/α-hetero) is 1. The van der Waals surface area contributed by atoms with E-state index in [0.717, 1.165) is 6.42 Å². The molecule has 0 spiro atoms. The van der Waals surface area contributed by atoms with E-state index in [1.54, 1.807) is 5.57 Å². The number of aliphatic hydroxyl groups excluding tert-OH is 1. The van der Waals surface area contributed by atoms with E-state index in [9.17, 15) is 9.90 Å². The van der Waals surface area contributed by atoms with Crippen molar-refractivity contribution in [2.45, 2.75) is 119 Å². The zero-order valence-corrected chi connectivity index (χ0v) is 22.1. The van der Waals surface area contributed by atoms with Crippen LogP contribution in [0.15, 0.2) is 11.6 Å². The Hall–Kier alpha value is -0.630. The van der Waals surface area contributed by atoms with Gasteiger partial charge in [0.05, 0.1) is 0 Å². The van der Waals surface area contributed by atoms with Gasteiger partial charge in [0, 0.05) is 11.8 Å². The molecule has 0 saturated heterocycles. The number of aliphatic hydroxyl groups is 1. The average molecular weight is 441 g/mol. The van der Waals surface area contributed by atoms with Crippen molar-refractivity contribution in [3.8, 4) is 0 Å². The molecular formula is C30H48O2. The molecule has 0 aromatic rings. The molecule has 4 fully saturated rings. The fourth-order valence-corrected chi connectivity index (χ4v) is 10.5. The van der Waals surface area contributed by atoms with Crippen molar-refractivity contribution >= 4 is 5.78 Å². The number of hydrogen-bond donors (Lipinski definition) is 1. The second-order valence-electron chi connectivity index (χ2n) is 15.1. The molecule has 0 unspecified atom stereocenters. The van der Waals surface area contributed by atoms with Crippen molar-refractivity contribution in [1.82, 2.24) is 0 Å². The van der Waals surface area contributed by atoms with Gasteiger partial charge in [-0.1, -0.05) is 67.0 Å². The minimum absolute atomic E-state index is 0.0156. The first kappa shape index (κ1) is 23.1. The van der Waals surface area contributed by atoms with E-state index in [1.807, 2.05) is 0 Å². The Labute approximate surface area is 197 Å². The summed E-state index contributed by atoms with van der Waals surface area (Å²) in [6.45, 7) is 19.4. The van der Waals surface area contributed by atoms with E-state index >= 15 is 0 Å². The molecule has 5 rings (SSSR count). The van der Waals surface area contributed by atoms with Gasteiger partial charge in [-0.2, -0.15) is 0 Å². The second-order valence-corrected chi connectivity index (χ2v) is 15.1. The van der Waals surface area contributed by atoms with Crippen LogP contribution in [0, 0.1) is 50.2 Å². The summed E-state index contributed by atoms with van der Waals surface area (Å²) in [5.41, 5.74) is 2.80. The predicted molar refractivity (Wildman–Crippen MR) is 131 cm³/mol. The number of hydrogen-bond acceptors (Lipinski definition) is 2. The zero-order chi connectivity index (χ0) is 23.5. The fraction of sp³-hybridized carbons (Fsp3) is 0.900. The van der Waals surface area contributed by atoms with E-state index in [0.29, 0.717) is 40.4 Å². The number of fused-ring (bicyclic) bond motifs is 7. The molecule has 5 aliphatic carbocycles. The molecule has 2 heteroatoms. The van der Waals surface area contributed by atoms with Gasteiger partial charge in [-0.15, -0.1) is 0 Å². The van der Waals surface area contributed by atoms with Crippen molar-refractivity contribution in [3.63, 3.8) is 0 Å². The molecule has 0 bridgehead atoms. The molecule has 5 aliphatic rings. The minimum atomic E-state index is -0.790. The molecule has 0 radical (unpaired) electrons. The van der Waals surface area contributed by atoms with Crippen LogP contribution in [0.3, 0.4) is 0 Å². The maximum atomic E-state index is 13.1. The van der Waals surface area contributed by atoms with Gasteiger partial charge in [0.15, 0.2) is 5.78 Å². The molecule has 8 atom stereocenters. The molecule has 32 heavy (non-hydrogen) atoms. The van der Waals surface area contributed by atoms with E-state index in [1.165, 1.54) is 44.9 Å². The maximum Gasteiger partial charge on any atom is 0.162 e. The predicted octanol–water partition coefficient (Wildman–Crippen LogP) is 7.35. The standard InChI is InChI=1S/C30H48O2/c1-25(2)13-14-27(5)15-16-29(7)19(20(27)17-25)9-10-23-28(6)18-21(31)24(32)26(3,4)22(28)11-12-30(23,29)8/h17,19,22-24,32H,9-16,18H2,1-8H3/t19-,22+,23-,24+,27-,28+,29-,30-/m1/s1. The molecule has 0 heterocycles. The maximum absolute atomic E-state index is 13.1. The first-order valence-electron chi connectivity index (χ1n) is 13.5. The van der Waals surface area contributed by atoms with Crippen LogP contribution in [0.5, 0.6) is 0 Å². The van der Waals surface area contributed by atoms with E-state index in [4.69, 9.17) is 0 Å². The highest BCUT2D eigenvalue weighted by molar-refractivity contribution is 5.85. The molecular weight excluding hydrogens is 392 g/mol. The van der Waals surface area contributed by atoms with E-state index in [-0.39, 0.29) is 22.0 Å². The van der Waals surface area contributed by atoms with Gasteiger partial charge >= 0.3 is 0 Å². The molecule has 0 aromatic heterocycles. The first-order valence-corrected chi connectivity index (χ1v) is 13.5. The number of carbonyl (C=O) groups is 1. The summed E-state index contributed by atoms with van der Waals surface area (Å²) >= 11 is 0. The summed E-state index contributed by atoms with van der Waals surface area (Å²) in [6.07, 6.45) is 12.8. The Morgan fingerprint density at radius 2 is 1.44 bits per heavy atom. The Balaban J connectivity index is 1.58. The van der Waals surface area contributed by atoms with Crippen molar-refractivity contribution in [2.75, 3.05) is 0 Å². The van der Waals surface area contributed by atoms with Gasteiger partial charge in [0.25, 0.3) is 0 Å². The lowest BCUT2D eigenvalue weighted by Gasteiger charge is -2.72. The highest BCUT2D eigenvalue weighted by Crippen LogP contribution is 2.76. The Kier molecular flexibility index (Phi) is 4.71. The van der Waals surface area contributed by atoms with Crippen LogP contribution in [0.4, 0.5) is 0 Å². The summed E-state index contributed by atoms with van der Waals surface area (Å²) < 4.78 is 0. The smallest absolute Gasteiger partial charge is 0.162 e. The lowest BCUT2D eigenvalue weighted by molar-refractivity contribution is -0.224. The van der Waals surface area contributed by atoms with Gasteiger partial charge in [0.1, 0.15) is 6.10 Å². The summed E-state index contributed by atoms with van der Waals surface area (Å²) in [5.74, 6) is 1.80. The monoisotopic (exact) mass is 440 g/mol. The van der Waals surface area contributed by atoms with Gasteiger partial charge in [-0.3, -0.25) is 4.79 Å². The number of ketones is 1. The summed E-state index contributed by atoms with van der Waals surface area (Å²) in [5, 5.41) is 10.8. The van der Waals surface area contributed by atoms with Crippen LogP contribution in [0.1, 0.15) is 113 Å². The first-order chi connectivity index (χ1) is 14.6. The summed E-state index contributed by atoms with van der Waals surface area (Å²) in [7, 11) is 0. The van der Waals surface area contributed by atoms with Crippen molar-refractivity contribution in [2.24, 2.45) is 50.2 Å². The van der Waals surface area contributed by atoms with Gasteiger partial charge in [-0.25, -0.2) is 0 Å². The van der Waals surface area contributed by atoms with Crippen LogP contribution in [0.2, 0.25) is 0 Å². The van der Waals surface area contributed by atoms with Crippen LogP contribution in [-0.4, -0.2) is 17.0 Å². The number of allylic oxidation sites excluding steroid dienone is 2. The van der Waals surface area contributed by atoms with Gasteiger partial charge in [-0.05, 0) is 96.2 Å². The fourth-order valence-electron chi connectivity index (χ4n) is 10.5. The Morgan fingerprint density at radius 1 is 0.781 bits per heavy atom. The van der Waals surface area contributed by atoms with Crippen LogP contribution in [-0.2, 0) is 4.79 Å². The van der Waals surface area contributed by atoms with Crippen LogP contribution >= 0.6 is 0 Å². The van der Waals surface area contributed by atoms with Gasteiger partial charge < -0.3 is 5.11 Å². The topological polar surface area (TPSA) is 37.3 Å². The molecule has 2 nitrogen and oxygen atoms in total. The highest BCUT2D eigenvalue weighted by Gasteiger charge is 2.69. The molecule has 1 N–H and O–H groups in total. The summed E-state index contributed by atoms with van der Waals surface area (Å²) in [6, 6.07) is 0. The third-order valence-corrected chi connectivity index (χ3v) is 12.7. The highest BCUT2D eigenvalue weighted by atomic mass is 16.3. The van der Waals surface area contributed by atoms with Gasteiger partial charge in [0.2, 0.25) is 0 Å². The normalized spacial score (nSPS) is 53.9. The second kappa shape index (κ2) is 6.52. The quantitative estimate of drug-likeness (QED) is 0.400. The van der Waals surface area contributed by atoms with Crippen molar-refractivity contribution in [3.05, 3.63) is 11.6 Å². The SMILES string of the molecule is CC1(C)C=C2[C@H]3CC[C@@H]4[C@@]5(C)CC(=O)[C@H](O)C(C)(C)[C@@H]5CC[C@@]4(C)[C@]3(C)CC[C@@]2(C)CC1. The van der Waals surface area contributed by atoms with Crippen LogP contribution in [0.25, 0.3) is 0 Å². The molecule has 4 saturated carbocycles. The molecule has 0 amide bonds. The lowest BCUT2D eigenvalue weighted by Crippen LogP contribution is -2.67. The largest absolute Gasteiger partial charge is 0.385 e. The molecule has 180 valence electrons. The zero-order valence-electron chi connectivity index (χ0n) is 22.1. The number of carbonyl (C=O) groups excluding carboxylic acids is 1. The third-order valence-electron chi connectivity index (χ3n) is 12.7. The number of rotatable bonds is 0. The average Bonchev–Trinajstić information content (AvgIpc) is 2.68. The molecule has 0 aromatic carbocycles. The summed E-state index contributed by atoms with van der Waals surface area (Å²) in [4.78, 5) is 13.1. The molecule has 0 aliphatic heterocycles. The lowest BCUT2D eigenvalue weighted by atomic mass is 9.32. The van der Waals surface area contributed by atoms with Crippen molar-refractivity contribution < 1.29 is 9.90 Å². The minimum Gasteiger partial charge on any atom is -0.385 e. The van der Waals surface area contributed by atoms with E-state index in [2.05, 4.69) is 61.5 Å². The Morgan fingerprint density at radius 3 is 2.12 bits per heavy atom. The third kappa shape index (κ3) is 2.71.